The maximum atomic E-state index is 6.00. The van der Waals surface area contributed by atoms with Crippen LogP contribution in [0.25, 0.3) is 11.3 Å². The second-order valence-corrected chi connectivity index (χ2v) is 4.49. The van der Waals surface area contributed by atoms with E-state index < -0.39 is 0 Å². The van der Waals surface area contributed by atoms with Crippen molar-refractivity contribution in [3.05, 3.63) is 35.4 Å². The molecule has 1 aromatic carbocycles. The van der Waals surface area contributed by atoms with Gasteiger partial charge in [-0.25, -0.2) is 0 Å². The van der Waals surface area contributed by atoms with Crippen LogP contribution in [0.15, 0.2) is 30.3 Å². The van der Waals surface area contributed by atoms with Crippen LogP contribution in [-0.4, -0.2) is 23.9 Å². The number of hydrogen-bond acceptors (Lipinski definition) is 4. The molecule has 0 aliphatic carbocycles. The summed E-state index contributed by atoms with van der Waals surface area (Å²) >= 11 is 6.00. The lowest BCUT2D eigenvalue weighted by Crippen LogP contribution is -2.02. The van der Waals surface area contributed by atoms with E-state index in [0.29, 0.717) is 10.8 Å². The largest absolute Gasteiger partial charge is 0.495 e. The molecule has 0 aliphatic rings. The van der Waals surface area contributed by atoms with Crippen LogP contribution >= 0.6 is 11.6 Å². The van der Waals surface area contributed by atoms with Gasteiger partial charge in [-0.15, -0.1) is 10.2 Å². The third-order valence-corrected chi connectivity index (χ3v) is 2.98. The summed E-state index contributed by atoms with van der Waals surface area (Å²) in [6, 6.07) is 9.38. The molecule has 2 aromatic rings. The Hall–Kier alpha value is -1.81. The fourth-order valence-corrected chi connectivity index (χ4v) is 1.85. The monoisotopic (exact) mass is 277 g/mol. The highest BCUT2D eigenvalue weighted by Crippen LogP contribution is 2.29. The summed E-state index contributed by atoms with van der Waals surface area (Å²) in [7, 11) is 1.59. The minimum atomic E-state index is 0.584. The van der Waals surface area contributed by atoms with Crippen molar-refractivity contribution in [2.75, 3.05) is 19.0 Å². The molecule has 0 aliphatic heterocycles. The van der Waals surface area contributed by atoms with E-state index in [2.05, 4.69) is 22.4 Å². The Labute approximate surface area is 117 Å². The molecule has 19 heavy (non-hydrogen) atoms. The van der Waals surface area contributed by atoms with Crippen molar-refractivity contribution in [2.45, 2.75) is 13.3 Å². The minimum absolute atomic E-state index is 0.584. The molecule has 0 fully saturated rings. The number of benzene rings is 1. The van der Waals surface area contributed by atoms with Gasteiger partial charge >= 0.3 is 0 Å². The molecule has 0 bridgehead atoms. The summed E-state index contributed by atoms with van der Waals surface area (Å²) in [4.78, 5) is 0. The summed E-state index contributed by atoms with van der Waals surface area (Å²) in [6.07, 6.45) is 1.05. The van der Waals surface area contributed by atoms with Crippen LogP contribution in [0.1, 0.15) is 13.3 Å². The van der Waals surface area contributed by atoms with Crippen molar-refractivity contribution in [1.29, 1.82) is 0 Å². The van der Waals surface area contributed by atoms with Crippen LogP contribution in [0.3, 0.4) is 0 Å². The molecular weight excluding hydrogens is 262 g/mol. The molecule has 0 saturated carbocycles. The summed E-state index contributed by atoms with van der Waals surface area (Å²) < 4.78 is 5.19. The van der Waals surface area contributed by atoms with Crippen LogP contribution in [0.2, 0.25) is 5.02 Å². The van der Waals surface area contributed by atoms with E-state index in [1.165, 1.54) is 0 Å². The Morgan fingerprint density at radius 2 is 2.05 bits per heavy atom. The molecule has 100 valence electrons. The first-order chi connectivity index (χ1) is 9.24. The van der Waals surface area contributed by atoms with E-state index in [1.807, 2.05) is 24.3 Å². The molecule has 0 radical (unpaired) electrons. The van der Waals surface area contributed by atoms with Crippen molar-refractivity contribution in [2.24, 2.45) is 0 Å². The third-order valence-electron chi connectivity index (χ3n) is 2.67. The molecule has 1 N–H and O–H groups in total. The fourth-order valence-electron chi connectivity index (χ4n) is 1.65. The average molecular weight is 278 g/mol. The lowest BCUT2D eigenvalue weighted by atomic mass is 10.1. The molecule has 0 amide bonds. The van der Waals surface area contributed by atoms with Gasteiger partial charge in [-0.05, 0) is 30.7 Å². The zero-order valence-corrected chi connectivity index (χ0v) is 11.7. The highest BCUT2D eigenvalue weighted by Gasteiger charge is 2.05. The number of methoxy groups -OCH3 is 1. The van der Waals surface area contributed by atoms with Gasteiger partial charge in [0.15, 0.2) is 0 Å². The number of halogens is 1. The molecular formula is C14H16ClN3O. The molecule has 2 rings (SSSR count). The number of ether oxygens (including phenoxy) is 1. The van der Waals surface area contributed by atoms with E-state index in [-0.39, 0.29) is 0 Å². The number of rotatable bonds is 5. The Morgan fingerprint density at radius 3 is 2.68 bits per heavy atom. The van der Waals surface area contributed by atoms with Gasteiger partial charge in [0.25, 0.3) is 0 Å². The minimum Gasteiger partial charge on any atom is -0.495 e. The third kappa shape index (κ3) is 3.35. The van der Waals surface area contributed by atoms with Gasteiger partial charge in [0.05, 0.1) is 17.8 Å². The van der Waals surface area contributed by atoms with Gasteiger partial charge in [0.2, 0.25) is 0 Å². The predicted molar refractivity (Wildman–Crippen MR) is 77.8 cm³/mol. The first-order valence-corrected chi connectivity index (χ1v) is 6.54. The molecule has 5 heteroatoms. The highest BCUT2D eigenvalue weighted by molar-refractivity contribution is 6.32. The fraction of sp³-hybridized carbons (Fsp3) is 0.286. The van der Waals surface area contributed by atoms with E-state index in [1.54, 1.807) is 13.2 Å². The highest BCUT2D eigenvalue weighted by atomic mass is 35.5. The second-order valence-electron chi connectivity index (χ2n) is 4.08. The molecule has 0 atom stereocenters. The van der Waals surface area contributed by atoms with Crippen LogP contribution in [0, 0.1) is 0 Å². The van der Waals surface area contributed by atoms with Gasteiger partial charge in [0.1, 0.15) is 11.6 Å². The maximum absolute atomic E-state index is 6.00. The first-order valence-electron chi connectivity index (χ1n) is 6.16. The Balaban J connectivity index is 2.22. The van der Waals surface area contributed by atoms with Crippen molar-refractivity contribution in [3.8, 4) is 17.0 Å². The molecule has 0 unspecified atom stereocenters. The van der Waals surface area contributed by atoms with Crippen LogP contribution in [0.5, 0.6) is 5.75 Å². The Kier molecular flexibility index (Phi) is 4.58. The molecule has 0 saturated heterocycles. The lowest BCUT2D eigenvalue weighted by Gasteiger charge is -2.07. The molecule has 0 spiro atoms. The summed E-state index contributed by atoms with van der Waals surface area (Å²) in [5.74, 6) is 1.42. The Bertz CT molecular complexity index is 543. The number of nitrogens with zero attached hydrogens (tertiary/aromatic N) is 2. The van der Waals surface area contributed by atoms with Crippen molar-refractivity contribution in [1.82, 2.24) is 10.2 Å². The van der Waals surface area contributed by atoms with Crippen molar-refractivity contribution >= 4 is 17.4 Å². The van der Waals surface area contributed by atoms with E-state index >= 15 is 0 Å². The SMILES string of the molecule is CCCNc1ccc(-c2ccc(Cl)c(OC)c2)nn1. The first kappa shape index (κ1) is 13.6. The van der Waals surface area contributed by atoms with Gasteiger partial charge in [0, 0.05) is 12.1 Å². The molecule has 4 nitrogen and oxygen atoms in total. The van der Waals surface area contributed by atoms with Crippen LogP contribution < -0.4 is 10.1 Å². The number of nitrogens with one attached hydrogen (secondary N) is 1. The quantitative estimate of drug-likeness (QED) is 0.907. The van der Waals surface area contributed by atoms with E-state index in [0.717, 1.165) is 30.0 Å². The normalized spacial score (nSPS) is 10.3. The zero-order valence-electron chi connectivity index (χ0n) is 11.0. The van der Waals surface area contributed by atoms with E-state index in [9.17, 15) is 0 Å². The lowest BCUT2D eigenvalue weighted by molar-refractivity contribution is 0.415. The zero-order chi connectivity index (χ0) is 13.7. The number of hydrogen-bond donors (Lipinski definition) is 1. The van der Waals surface area contributed by atoms with Crippen LogP contribution in [0.4, 0.5) is 5.82 Å². The summed E-state index contributed by atoms with van der Waals surface area (Å²) in [5, 5.41) is 12.1. The standard InChI is InChI=1S/C14H16ClN3O/c1-3-8-16-14-7-6-12(17-18-14)10-4-5-11(15)13(9-10)19-2/h4-7,9H,3,8H2,1-2H3,(H,16,18). The molecule has 1 aromatic heterocycles. The van der Waals surface area contributed by atoms with Gasteiger partial charge < -0.3 is 10.1 Å². The Morgan fingerprint density at radius 1 is 1.21 bits per heavy atom. The van der Waals surface area contributed by atoms with Gasteiger partial charge in [-0.3, -0.25) is 0 Å². The van der Waals surface area contributed by atoms with Gasteiger partial charge in [-0.2, -0.15) is 0 Å². The smallest absolute Gasteiger partial charge is 0.148 e. The van der Waals surface area contributed by atoms with Crippen LogP contribution in [-0.2, 0) is 0 Å². The van der Waals surface area contributed by atoms with Crippen molar-refractivity contribution in [3.63, 3.8) is 0 Å². The topological polar surface area (TPSA) is 47.0 Å². The summed E-state index contributed by atoms with van der Waals surface area (Å²) in [5.41, 5.74) is 1.72. The average Bonchev–Trinajstić information content (AvgIpc) is 2.46. The summed E-state index contributed by atoms with van der Waals surface area (Å²) in [6.45, 7) is 3.00. The van der Waals surface area contributed by atoms with Crippen molar-refractivity contribution < 1.29 is 4.74 Å². The second kappa shape index (κ2) is 6.38. The number of anilines is 1. The predicted octanol–water partition coefficient (Wildman–Crippen LogP) is 3.63. The van der Waals surface area contributed by atoms with Gasteiger partial charge in [-0.1, -0.05) is 24.6 Å². The molecule has 1 heterocycles. The van der Waals surface area contributed by atoms with E-state index in [4.69, 9.17) is 16.3 Å². The number of aromatic nitrogens is 2. The maximum Gasteiger partial charge on any atom is 0.148 e.